The Hall–Kier alpha value is -3.46. The number of carbonyl (C=O) groups is 3. The molecule has 0 N–H and O–H groups in total. The van der Waals surface area contributed by atoms with Gasteiger partial charge in [-0.2, -0.15) is 0 Å². The van der Waals surface area contributed by atoms with Crippen LogP contribution >= 0.6 is 0 Å². The molecule has 3 rings (SSSR count). The lowest BCUT2D eigenvalue weighted by atomic mass is 9.97. The van der Waals surface area contributed by atoms with Gasteiger partial charge in [0.15, 0.2) is 37.3 Å². The van der Waals surface area contributed by atoms with E-state index < -0.39 is 48.6 Å². The summed E-state index contributed by atoms with van der Waals surface area (Å²) in [6.45, 7) is 3.94. The van der Waals surface area contributed by atoms with Crippen molar-refractivity contribution < 1.29 is 42.6 Å². The fraction of sp³-hybridized carbons (Fsp3) is 0.391. The zero-order chi connectivity index (χ0) is 23.1. The minimum absolute atomic E-state index is 0.262. The average Bonchev–Trinajstić information content (AvgIpc) is 2.74. The molecule has 0 amide bonds. The van der Waals surface area contributed by atoms with Gasteiger partial charge in [0.25, 0.3) is 0 Å². The standard InChI is InChI=1S/C23H26NO8/c1-15(25)28-20-19(14-24-12-8-5-9-13-24)32-23(31-18-10-6-4-7-11-18)22(30-17(3)27)21(20)29-16(2)26/h4-13,19-23H,14H2,1-3H3/q+1/t19-,20-,21+,22-,23-/m1/s1. The van der Waals surface area contributed by atoms with Crippen LogP contribution in [0.5, 0.6) is 5.75 Å². The topological polar surface area (TPSA) is 101 Å². The Labute approximate surface area is 185 Å². The van der Waals surface area contributed by atoms with Gasteiger partial charge in [0, 0.05) is 32.9 Å². The van der Waals surface area contributed by atoms with Crippen molar-refractivity contribution in [3.8, 4) is 5.75 Å². The predicted molar refractivity (Wildman–Crippen MR) is 109 cm³/mol. The first-order valence-corrected chi connectivity index (χ1v) is 10.2. The SMILES string of the molecule is CC(=O)O[C@@H]1[C@@H](OC(C)=O)[C@H](Oc2ccccc2)O[C@H](C[n+]2ccccc2)[C@H]1OC(C)=O. The molecule has 0 spiro atoms. The molecule has 170 valence electrons. The second-order valence-electron chi connectivity index (χ2n) is 7.27. The van der Waals surface area contributed by atoms with Gasteiger partial charge in [0.1, 0.15) is 5.75 Å². The Balaban J connectivity index is 1.99. The number of carbonyl (C=O) groups excluding carboxylic acids is 3. The number of aromatic nitrogens is 1. The van der Waals surface area contributed by atoms with Crippen molar-refractivity contribution >= 4 is 17.9 Å². The third-order valence-electron chi connectivity index (χ3n) is 4.66. The number of pyridine rings is 1. The van der Waals surface area contributed by atoms with Gasteiger partial charge in [-0.25, -0.2) is 4.57 Å². The molecule has 1 saturated heterocycles. The first-order chi connectivity index (χ1) is 15.3. The van der Waals surface area contributed by atoms with E-state index in [4.69, 9.17) is 23.7 Å². The number of hydrogen-bond acceptors (Lipinski definition) is 8. The summed E-state index contributed by atoms with van der Waals surface area (Å²) in [4.78, 5) is 35.7. The molecule has 0 radical (unpaired) electrons. The van der Waals surface area contributed by atoms with Gasteiger partial charge in [-0.15, -0.1) is 0 Å². The second kappa shape index (κ2) is 10.7. The lowest BCUT2D eigenvalue weighted by molar-refractivity contribution is -0.707. The van der Waals surface area contributed by atoms with Crippen LogP contribution in [0.1, 0.15) is 20.8 Å². The molecule has 9 heteroatoms. The van der Waals surface area contributed by atoms with Gasteiger partial charge in [-0.1, -0.05) is 24.3 Å². The highest BCUT2D eigenvalue weighted by Crippen LogP contribution is 2.30. The molecule has 1 aliphatic heterocycles. The molecular weight excluding hydrogens is 418 g/mol. The van der Waals surface area contributed by atoms with Crippen LogP contribution in [0, 0.1) is 0 Å². The number of nitrogens with zero attached hydrogens (tertiary/aromatic N) is 1. The first kappa shape index (κ1) is 23.2. The second-order valence-corrected chi connectivity index (χ2v) is 7.27. The van der Waals surface area contributed by atoms with Crippen LogP contribution in [-0.4, -0.2) is 48.6 Å². The van der Waals surface area contributed by atoms with Gasteiger partial charge in [0.2, 0.25) is 12.4 Å². The number of esters is 3. The van der Waals surface area contributed by atoms with E-state index in [2.05, 4.69) is 0 Å². The van der Waals surface area contributed by atoms with E-state index >= 15 is 0 Å². The predicted octanol–water partition coefficient (Wildman–Crippen LogP) is 1.57. The number of ether oxygens (including phenoxy) is 5. The Morgan fingerprint density at radius 1 is 0.781 bits per heavy atom. The molecule has 2 aromatic rings. The maximum atomic E-state index is 11.9. The van der Waals surface area contributed by atoms with Crippen molar-refractivity contribution in [2.24, 2.45) is 0 Å². The van der Waals surface area contributed by atoms with Crippen LogP contribution < -0.4 is 9.30 Å². The molecule has 1 aliphatic rings. The molecule has 0 unspecified atom stereocenters. The van der Waals surface area contributed by atoms with Gasteiger partial charge < -0.3 is 23.7 Å². The lowest BCUT2D eigenvalue weighted by Crippen LogP contribution is -2.65. The Bertz CT molecular complexity index is 853. The number of benzene rings is 1. The summed E-state index contributed by atoms with van der Waals surface area (Å²) in [5, 5.41) is 0. The summed E-state index contributed by atoms with van der Waals surface area (Å²) >= 11 is 0. The van der Waals surface area contributed by atoms with Crippen LogP contribution in [0.4, 0.5) is 0 Å². The molecule has 0 aliphatic carbocycles. The Morgan fingerprint density at radius 3 is 1.91 bits per heavy atom. The zero-order valence-electron chi connectivity index (χ0n) is 18.1. The van der Waals surface area contributed by atoms with Crippen LogP contribution in [0.15, 0.2) is 60.9 Å². The summed E-state index contributed by atoms with van der Waals surface area (Å²) in [7, 11) is 0. The van der Waals surface area contributed by atoms with E-state index in [0.717, 1.165) is 0 Å². The molecule has 2 heterocycles. The highest BCUT2D eigenvalue weighted by Gasteiger charge is 2.54. The number of rotatable bonds is 7. The van der Waals surface area contributed by atoms with Crippen molar-refractivity contribution in [1.82, 2.24) is 0 Å². The van der Waals surface area contributed by atoms with Crippen LogP contribution in [0.25, 0.3) is 0 Å². The highest BCUT2D eigenvalue weighted by molar-refractivity contribution is 5.68. The largest absolute Gasteiger partial charge is 0.461 e. The minimum atomic E-state index is -1.17. The lowest BCUT2D eigenvalue weighted by Gasteiger charge is -2.43. The summed E-state index contributed by atoms with van der Waals surface area (Å²) in [6, 6.07) is 14.4. The molecule has 32 heavy (non-hydrogen) atoms. The first-order valence-electron chi connectivity index (χ1n) is 10.2. The average molecular weight is 444 g/mol. The van der Waals surface area contributed by atoms with Crippen molar-refractivity contribution in [3.63, 3.8) is 0 Å². The third-order valence-corrected chi connectivity index (χ3v) is 4.66. The van der Waals surface area contributed by atoms with Gasteiger partial charge in [0.05, 0.1) is 0 Å². The van der Waals surface area contributed by atoms with Gasteiger partial charge in [-0.05, 0) is 12.1 Å². The Kier molecular flexibility index (Phi) is 7.77. The molecule has 5 atom stereocenters. The van der Waals surface area contributed by atoms with E-state index in [1.807, 2.05) is 41.2 Å². The normalized spacial score (nSPS) is 24.8. The summed E-state index contributed by atoms with van der Waals surface area (Å²) < 4.78 is 30.4. The molecule has 9 nitrogen and oxygen atoms in total. The summed E-state index contributed by atoms with van der Waals surface area (Å²) in [5.74, 6) is -1.39. The van der Waals surface area contributed by atoms with E-state index in [1.165, 1.54) is 20.8 Å². The molecule has 1 aromatic heterocycles. The number of hydrogen-bond donors (Lipinski definition) is 0. The number of para-hydroxylation sites is 1. The molecule has 0 bridgehead atoms. The fourth-order valence-corrected chi connectivity index (χ4v) is 3.49. The van der Waals surface area contributed by atoms with Crippen LogP contribution in [-0.2, 0) is 39.9 Å². The highest BCUT2D eigenvalue weighted by atomic mass is 16.7. The molecule has 0 saturated carbocycles. The van der Waals surface area contributed by atoms with E-state index in [9.17, 15) is 14.4 Å². The molecule has 1 aromatic carbocycles. The van der Waals surface area contributed by atoms with Crippen molar-refractivity contribution in [2.45, 2.75) is 58.0 Å². The third kappa shape index (κ3) is 6.27. The van der Waals surface area contributed by atoms with E-state index in [0.29, 0.717) is 5.75 Å². The molecular formula is C23H26NO8+. The smallest absolute Gasteiger partial charge is 0.303 e. The van der Waals surface area contributed by atoms with Gasteiger partial charge in [-0.3, -0.25) is 14.4 Å². The Morgan fingerprint density at radius 2 is 1.31 bits per heavy atom. The fourth-order valence-electron chi connectivity index (χ4n) is 3.49. The van der Waals surface area contributed by atoms with E-state index in [-0.39, 0.29) is 6.54 Å². The van der Waals surface area contributed by atoms with Crippen molar-refractivity contribution in [3.05, 3.63) is 60.9 Å². The summed E-state index contributed by atoms with van der Waals surface area (Å²) in [6.07, 6.45) is -1.59. The maximum absolute atomic E-state index is 11.9. The van der Waals surface area contributed by atoms with Crippen LogP contribution in [0.2, 0.25) is 0 Å². The maximum Gasteiger partial charge on any atom is 0.303 e. The van der Waals surface area contributed by atoms with Gasteiger partial charge >= 0.3 is 17.9 Å². The molecule has 1 fully saturated rings. The van der Waals surface area contributed by atoms with E-state index in [1.54, 1.807) is 24.3 Å². The zero-order valence-corrected chi connectivity index (χ0v) is 18.1. The van der Waals surface area contributed by atoms with Crippen molar-refractivity contribution in [1.29, 1.82) is 0 Å². The summed E-state index contributed by atoms with van der Waals surface area (Å²) in [5.41, 5.74) is 0. The minimum Gasteiger partial charge on any atom is -0.461 e. The van der Waals surface area contributed by atoms with Crippen molar-refractivity contribution in [2.75, 3.05) is 0 Å². The van der Waals surface area contributed by atoms with Crippen LogP contribution in [0.3, 0.4) is 0 Å². The monoisotopic (exact) mass is 444 g/mol. The quantitative estimate of drug-likeness (QED) is 0.360.